The minimum absolute atomic E-state index is 0.0497. The van der Waals surface area contributed by atoms with E-state index >= 15 is 0 Å². The largest absolute Gasteiger partial charge is 0.459 e. The fraction of sp³-hybridized carbons (Fsp3) is 0.318. The molecule has 0 bridgehead atoms. The van der Waals surface area contributed by atoms with Gasteiger partial charge in [0.1, 0.15) is 18.2 Å². The molecule has 0 aliphatic heterocycles. The number of hydrogen-bond acceptors (Lipinski definition) is 5. The van der Waals surface area contributed by atoms with Gasteiger partial charge in [-0.15, -0.1) is 0 Å². The lowest BCUT2D eigenvalue weighted by Gasteiger charge is -2.22. The third kappa shape index (κ3) is 8.17. The fourth-order valence-corrected chi connectivity index (χ4v) is 3.37. The summed E-state index contributed by atoms with van der Waals surface area (Å²) >= 11 is 6.78. The summed E-state index contributed by atoms with van der Waals surface area (Å²) in [6, 6.07) is 8.31. The van der Waals surface area contributed by atoms with Crippen LogP contribution in [0.5, 0.6) is 0 Å². The zero-order valence-electron chi connectivity index (χ0n) is 16.9. The molecule has 0 aliphatic rings. The summed E-state index contributed by atoms with van der Waals surface area (Å²) in [5, 5.41) is 2.55. The average Bonchev–Trinajstić information content (AvgIpc) is 2.67. The Bertz CT molecular complexity index is 927. The molecule has 1 atom stereocenters. The first kappa shape index (κ1) is 23.9. The normalized spacial score (nSPS) is 11.6. The van der Waals surface area contributed by atoms with Crippen molar-refractivity contribution in [3.8, 4) is 11.8 Å². The predicted octanol–water partition coefficient (Wildman–Crippen LogP) is 4.98. The van der Waals surface area contributed by atoms with E-state index < -0.39 is 23.7 Å². The van der Waals surface area contributed by atoms with Crippen LogP contribution >= 0.6 is 31.9 Å². The summed E-state index contributed by atoms with van der Waals surface area (Å²) in [7, 11) is 0. The lowest BCUT2D eigenvalue weighted by atomic mass is 10.2. The number of nitrogens with zero attached hydrogens (tertiary/aromatic N) is 1. The molecule has 158 valence electrons. The third-order valence-electron chi connectivity index (χ3n) is 3.57. The molecule has 1 aromatic heterocycles. The number of ether oxygens (including phenoxy) is 2. The van der Waals surface area contributed by atoms with Gasteiger partial charge >= 0.3 is 12.1 Å². The second-order valence-electron chi connectivity index (χ2n) is 7.28. The van der Waals surface area contributed by atoms with Crippen LogP contribution in [0.2, 0.25) is 0 Å². The van der Waals surface area contributed by atoms with Crippen molar-refractivity contribution in [2.45, 2.75) is 45.4 Å². The molecule has 2 aromatic rings. The Balaban J connectivity index is 2.11. The molecule has 0 radical (unpaired) electrons. The molecule has 0 spiro atoms. The first-order valence-corrected chi connectivity index (χ1v) is 10.7. The summed E-state index contributed by atoms with van der Waals surface area (Å²) < 4.78 is 12.1. The minimum atomic E-state index is -0.976. The van der Waals surface area contributed by atoms with Crippen molar-refractivity contribution in [2.24, 2.45) is 0 Å². The van der Waals surface area contributed by atoms with E-state index in [0.717, 1.165) is 5.56 Å². The van der Waals surface area contributed by atoms with Gasteiger partial charge in [0.05, 0.1) is 14.5 Å². The number of carbonyl (C=O) groups is 2. The van der Waals surface area contributed by atoms with Crippen molar-refractivity contribution in [1.82, 2.24) is 10.3 Å². The molecule has 1 amide bonds. The number of aromatic nitrogens is 1. The molecule has 0 saturated carbocycles. The molecule has 0 fully saturated rings. The number of alkyl carbamates (subject to hydrolysis) is 1. The van der Waals surface area contributed by atoms with Crippen LogP contribution in [-0.4, -0.2) is 28.7 Å². The van der Waals surface area contributed by atoms with E-state index in [-0.39, 0.29) is 13.0 Å². The molecule has 0 unspecified atom stereocenters. The topological polar surface area (TPSA) is 77.5 Å². The molecule has 2 rings (SSSR count). The summed E-state index contributed by atoms with van der Waals surface area (Å²) in [4.78, 5) is 28.8. The summed E-state index contributed by atoms with van der Waals surface area (Å²) in [5.74, 6) is 5.31. The first-order valence-electron chi connectivity index (χ1n) is 9.13. The van der Waals surface area contributed by atoms with E-state index in [0.29, 0.717) is 14.5 Å². The molecule has 8 heteroatoms. The van der Waals surface area contributed by atoms with Crippen molar-refractivity contribution < 1.29 is 19.1 Å². The number of amides is 1. The van der Waals surface area contributed by atoms with E-state index in [2.05, 4.69) is 54.0 Å². The highest BCUT2D eigenvalue weighted by Crippen LogP contribution is 2.22. The quantitative estimate of drug-likeness (QED) is 0.429. The Morgan fingerprint density at radius 2 is 1.77 bits per heavy atom. The summed E-state index contributed by atoms with van der Waals surface area (Å²) in [5.41, 5.74) is 0.845. The van der Waals surface area contributed by atoms with E-state index in [1.165, 1.54) is 0 Å². The number of nitrogens with one attached hydrogen (secondary N) is 1. The highest BCUT2D eigenvalue weighted by atomic mass is 79.9. The highest BCUT2D eigenvalue weighted by Gasteiger charge is 2.25. The number of esters is 1. The predicted molar refractivity (Wildman–Crippen MR) is 121 cm³/mol. The Morgan fingerprint density at radius 3 is 2.37 bits per heavy atom. The summed E-state index contributed by atoms with van der Waals surface area (Å²) in [6.07, 6.45) is 2.59. The van der Waals surface area contributed by atoms with Crippen molar-refractivity contribution in [3.05, 3.63) is 62.8 Å². The van der Waals surface area contributed by atoms with Gasteiger partial charge in [0.25, 0.3) is 0 Å². The zero-order chi connectivity index (χ0) is 22.1. The molecule has 1 heterocycles. The maximum absolute atomic E-state index is 12.6. The average molecular weight is 538 g/mol. The van der Waals surface area contributed by atoms with Gasteiger partial charge in [-0.25, -0.2) is 9.59 Å². The maximum Gasteiger partial charge on any atom is 0.408 e. The fourth-order valence-electron chi connectivity index (χ4n) is 2.24. The van der Waals surface area contributed by atoms with Gasteiger partial charge in [-0.2, -0.15) is 0 Å². The number of carbonyl (C=O) groups excluding carboxylic acids is 2. The molecule has 1 N–H and O–H groups in total. The number of pyridine rings is 1. The van der Waals surface area contributed by atoms with E-state index in [9.17, 15) is 9.59 Å². The van der Waals surface area contributed by atoms with E-state index in [4.69, 9.17) is 9.47 Å². The van der Waals surface area contributed by atoms with Crippen LogP contribution in [0.15, 0.2) is 51.7 Å². The van der Waals surface area contributed by atoms with Gasteiger partial charge in [0.15, 0.2) is 0 Å². The Morgan fingerprint density at radius 1 is 1.13 bits per heavy atom. The van der Waals surface area contributed by atoms with Gasteiger partial charge in [0.2, 0.25) is 0 Å². The Kier molecular flexibility index (Phi) is 8.88. The second kappa shape index (κ2) is 11.1. The van der Waals surface area contributed by atoms with Gasteiger partial charge < -0.3 is 14.8 Å². The van der Waals surface area contributed by atoms with Crippen molar-refractivity contribution in [1.29, 1.82) is 0 Å². The van der Waals surface area contributed by atoms with Gasteiger partial charge in [0, 0.05) is 18.8 Å². The van der Waals surface area contributed by atoms with Crippen LogP contribution < -0.4 is 5.32 Å². The van der Waals surface area contributed by atoms with Crippen LogP contribution in [0, 0.1) is 11.8 Å². The number of benzene rings is 1. The zero-order valence-corrected chi connectivity index (χ0v) is 20.0. The van der Waals surface area contributed by atoms with Crippen LogP contribution in [0.3, 0.4) is 0 Å². The highest BCUT2D eigenvalue weighted by molar-refractivity contribution is 9.11. The number of rotatable bonds is 5. The molecule has 6 nitrogen and oxygen atoms in total. The van der Waals surface area contributed by atoms with Gasteiger partial charge in [-0.1, -0.05) is 42.2 Å². The smallest absolute Gasteiger partial charge is 0.408 e. The molecular weight excluding hydrogens is 516 g/mol. The lowest BCUT2D eigenvalue weighted by Crippen LogP contribution is -2.44. The molecule has 1 aromatic carbocycles. The standard InChI is InChI=1S/C22H22Br2N2O4/c1-22(2,3)30-21(28)26-19(20(27)29-14-15-8-5-4-6-9-15)11-7-10-16-17(23)12-25-13-18(16)24/h4-6,8-9,12-13,19H,11,14H2,1-3H3,(H,26,28)/t19-/m0/s1. The number of hydrogen-bond donors (Lipinski definition) is 1. The Hall–Kier alpha value is -2.37. The molecule has 30 heavy (non-hydrogen) atoms. The first-order chi connectivity index (χ1) is 14.2. The third-order valence-corrected chi connectivity index (χ3v) is 4.77. The van der Waals surface area contributed by atoms with Crippen molar-refractivity contribution in [2.75, 3.05) is 0 Å². The van der Waals surface area contributed by atoms with Crippen LogP contribution in [-0.2, 0) is 20.9 Å². The van der Waals surface area contributed by atoms with Crippen LogP contribution in [0.25, 0.3) is 0 Å². The minimum Gasteiger partial charge on any atom is -0.459 e. The molecule has 0 aliphatic carbocycles. The van der Waals surface area contributed by atoms with E-state index in [1.54, 1.807) is 33.2 Å². The van der Waals surface area contributed by atoms with E-state index in [1.807, 2.05) is 30.3 Å². The second-order valence-corrected chi connectivity index (χ2v) is 8.98. The summed E-state index contributed by atoms with van der Waals surface area (Å²) in [6.45, 7) is 5.33. The van der Waals surface area contributed by atoms with Crippen molar-refractivity contribution >= 4 is 43.9 Å². The monoisotopic (exact) mass is 536 g/mol. The number of halogens is 2. The molecule has 0 saturated heterocycles. The lowest BCUT2D eigenvalue weighted by molar-refractivity contribution is -0.147. The van der Waals surface area contributed by atoms with Crippen LogP contribution in [0.4, 0.5) is 4.79 Å². The van der Waals surface area contributed by atoms with Gasteiger partial charge in [-0.3, -0.25) is 4.98 Å². The van der Waals surface area contributed by atoms with Gasteiger partial charge in [-0.05, 0) is 58.2 Å². The van der Waals surface area contributed by atoms with Crippen LogP contribution in [0.1, 0.15) is 38.3 Å². The molecular formula is C22H22Br2N2O4. The van der Waals surface area contributed by atoms with Crippen molar-refractivity contribution in [3.63, 3.8) is 0 Å². The maximum atomic E-state index is 12.6. The SMILES string of the molecule is CC(C)(C)OC(=O)N[C@@H](CC#Cc1c(Br)cncc1Br)C(=O)OCc1ccccc1. The Labute approximate surface area is 193 Å².